The lowest BCUT2D eigenvalue weighted by atomic mass is 9.95. The van der Waals surface area contributed by atoms with Crippen molar-refractivity contribution in [2.24, 2.45) is 0 Å². The fourth-order valence-electron chi connectivity index (χ4n) is 4.13. The van der Waals surface area contributed by atoms with Crippen LogP contribution in [0.4, 0.5) is 0 Å². The minimum atomic E-state index is -0.0281. The summed E-state index contributed by atoms with van der Waals surface area (Å²) < 4.78 is 2.77. The van der Waals surface area contributed by atoms with Crippen molar-refractivity contribution >= 4 is 33.2 Å². The zero-order valence-electron chi connectivity index (χ0n) is 17.8. The van der Waals surface area contributed by atoms with Crippen LogP contribution < -0.4 is 5.32 Å². The van der Waals surface area contributed by atoms with Gasteiger partial charge in [-0.05, 0) is 51.1 Å². The number of nitrogens with zero attached hydrogens (tertiary/aromatic N) is 4. The Balaban J connectivity index is 1.58. The van der Waals surface area contributed by atoms with E-state index in [-0.39, 0.29) is 30.3 Å². The highest BCUT2D eigenvalue weighted by atomic mass is 32.1. The Hall–Kier alpha value is -2.74. The molecule has 0 spiro atoms. The van der Waals surface area contributed by atoms with Crippen LogP contribution >= 0.6 is 11.3 Å². The first-order chi connectivity index (χ1) is 14.3. The summed E-state index contributed by atoms with van der Waals surface area (Å²) in [7, 11) is 0. The van der Waals surface area contributed by atoms with E-state index in [0.717, 1.165) is 32.8 Å². The predicted molar refractivity (Wildman–Crippen MR) is 118 cm³/mol. The second kappa shape index (κ2) is 8.18. The average Bonchev–Trinajstić information content (AvgIpc) is 3.38. The van der Waals surface area contributed by atoms with Crippen molar-refractivity contribution in [3.63, 3.8) is 0 Å². The zero-order chi connectivity index (χ0) is 21.4. The van der Waals surface area contributed by atoms with Gasteiger partial charge in [0.25, 0.3) is 5.91 Å². The standard InChI is InChI=1S/C22H27N5O2S/c1-13(2)23-22(29)21-20(17-7-5-6-8-18(17)30-21)16-9-10-26(11-16)19(28)12-27-15(4)24-14(3)25-27/h5-8,13,16H,9-12H2,1-4H3,(H,23,29)/t16-/m0/s1. The van der Waals surface area contributed by atoms with E-state index in [2.05, 4.69) is 27.5 Å². The van der Waals surface area contributed by atoms with Gasteiger partial charge < -0.3 is 10.2 Å². The molecule has 3 aromatic rings. The van der Waals surface area contributed by atoms with E-state index in [1.165, 1.54) is 11.3 Å². The van der Waals surface area contributed by atoms with Crippen molar-refractivity contribution < 1.29 is 9.59 Å². The number of rotatable bonds is 5. The number of nitrogens with one attached hydrogen (secondary N) is 1. The molecule has 1 atom stereocenters. The van der Waals surface area contributed by atoms with E-state index in [9.17, 15) is 9.59 Å². The molecule has 1 aliphatic heterocycles. The number of benzene rings is 1. The summed E-state index contributed by atoms with van der Waals surface area (Å²) in [6.07, 6.45) is 0.851. The smallest absolute Gasteiger partial charge is 0.261 e. The van der Waals surface area contributed by atoms with Crippen molar-refractivity contribution in [2.75, 3.05) is 13.1 Å². The highest BCUT2D eigenvalue weighted by molar-refractivity contribution is 7.21. The Morgan fingerprint density at radius 3 is 2.73 bits per heavy atom. The van der Waals surface area contributed by atoms with Crippen molar-refractivity contribution in [1.29, 1.82) is 0 Å². The Labute approximate surface area is 180 Å². The summed E-state index contributed by atoms with van der Waals surface area (Å²) in [6.45, 7) is 9.12. The molecular weight excluding hydrogens is 398 g/mol. The normalized spacial score (nSPS) is 16.6. The summed E-state index contributed by atoms with van der Waals surface area (Å²) in [5, 5.41) is 8.46. The number of carbonyl (C=O) groups excluding carboxylic acids is 2. The number of aryl methyl sites for hydroxylation is 2. The fraction of sp³-hybridized carbons (Fsp3) is 0.455. The van der Waals surface area contributed by atoms with Gasteiger partial charge in [0.1, 0.15) is 18.2 Å². The van der Waals surface area contributed by atoms with E-state index in [1.807, 2.05) is 44.7 Å². The number of hydrogen-bond acceptors (Lipinski definition) is 5. The number of aromatic nitrogens is 3. The third-order valence-electron chi connectivity index (χ3n) is 5.46. The first-order valence-corrected chi connectivity index (χ1v) is 11.1. The Kier molecular flexibility index (Phi) is 5.60. The minimum absolute atomic E-state index is 0.0281. The lowest BCUT2D eigenvalue weighted by Crippen LogP contribution is -2.33. The second-order valence-corrected chi connectivity index (χ2v) is 9.21. The van der Waals surface area contributed by atoms with Crippen molar-refractivity contribution in [3.05, 3.63) is 46.4 Å². The second-order valence-electron chi connectivity index (χ2n) is 8.16. The van der Waals surface area contributed by atoms with Gasteiger partial charge in [0.05, 0.1) is 4.88 Å². The summed E-state index contributed by atoms with van der Waals surface area (Å²) in [5.74, 6) is 1.58. The molecule has 2 aromatic heterocycles. The summed E-state index contributed by atoms with van der Waals surface area (Å²) >= 11 is 1.54. The molecule has 1 N–H and O–H groups in total. The van der Waals surface area contributed by atoms with Gasteiger partial charge in [-0.15, -0.1) is 11.3 Å². The molecule has 1 fully saturated rings. The van der Waals surface area contributed by atoms with E-state index in [4.69, 9.17) is 0 Å². The van der Waals surface area contributed by atoms with Crippen molar-refractivity contribution in [2.45, 2.75) is 52.6 Å². The molecule has 8 heteroatoms. The maximum atomic E-state index is 12.9. The molecule has 30 heavy (non-hydrogen) atoms. The molecule has 0 unspecified atom stereocenters. The molecule has 1 saturated heterocycles. The fourth-order valence-corrected chi connectivity index (χ4v) is 5.32. The minimum Gasteiger partial charge on any atom is -0.349 e. The highest BCUT2D eigenvalue weighted by Crippen LogP contribution is 2.40. The van der Waals surface area contributed by atoms with Gasteiger partial charge in [-0.3, -0.25) is 9.59 Å². The number of amides is 2. The van der Waals surface area contributed by atoms with Crippen LogP contribution in [0.5, 0.6) is 0 Å². The van der Waals surface area contributed by atoms with Gasteiger partial charge in [0.2, 0.25) is 5.91 Å². The Bertz CT molecular complexity index is 1100. The molecule has 2 amide bonds. The predicted octanol–water partition coefficient (Wildman–Crippen LogP) is 3.26. The third-order valence-corrected chi connectivity index (χ3v) is 6.64. The number of thiophene rings is 1. The van der Waals surface area contributed by atoms with Gasteiger partial charge in [-0.25, -0.2) is 9.67 Å². The van der Waals surface area contributed by atoms with Crippen LogP contribution in [0, 0.1) is 13.8 Å². The van der Waals surface area contributed by atoms with Gasteiger partial charge >= 0.3 is 0 Å². The van der Waals surface area contributed by atoms with Crippen LogP contribution in [0.2, 0.25) is 0 Å². The van der Waals surface area contributed by atoms with Crippen molar-refractivity contribution in [3.8, 4) is 0 Å². The van der Waals surface area contributed by atoms with Crippen LogP contribution in [-0.2, 0) is 11.3 Å². The molecule has 0 bridgehead atoms. The summed E-state index contributed by atoms with van der Waals surface area (Å²) in [5.41, 5.74) is 1.08. The number of hydrogen-bond donors (Lipinski definition) is 1. The van der Waals surface area contributed by atoms with Gasteiger partial charge in [-0.1, -0.05) is 18.2 Å². The molecule has 4 rings (SSSR count). The Morgan fingerprint density at radius 2 is 2.03 bits per heavy atom. The van der Waals surface area contributed by atoms with Crippen LogP contribution in [0.3, 0.4) is 0 Å². The Morgan fingerprint density at radius 1 is 1.27 bits per heavy atom. The molecule has 3 heterocycles. The van der Waals surface area contributed by atoms with Crippen LogP contribution in [0.25, 0.3) is 10.1 Å². The molecule has 1 aromatic carbocycles. The first-order valence-electron chi connectivity index (χ1n) is 10.3. The lowest BCUT2D eigenvalue weighted by molar-refractivity contribution is -0.131. The van der Waals surface area contributed by atoms with Crippen LogP contribution in [0.1, 0.15) is 53.1 Å². The third kappa shape index (κ3) is 3.96. The van der Waals surface area contributed by atoms with E-state index < -0.39 is 0 Å². The zero-order valence-corrected chi connectivity index (χ0v) is 18.6. The number of carbonyl (C=O) groups is 2. The highest BCUT2D eigenvalue weighted by Gasteiger charge is 2.32. The molecule has 1 aliphatic rings. The number of likely N-dealkylation sites (tertiary alicyclic amines) is 1. The largest absolute Gasteiger partial charge is 0.349 e. The average molecular weight is 426 g/mol. The van der Waals surface area contributed by atoms with Crippen LogP contribution in [0.15, 0.2) is 24.3 Å². The first kappa shape index (κ1) is 20.5. The van der Waals surface area contributed by atoms with E-state index >= 15 is 0 Å². The topological polar surface area (TPSA) is 80.1 Å². The maximum Gasteiger partial charge on any atom is 0.261 e. The summed E-state index contributed by atoms with van der Waals surface area (Å²) in [6, 6.07) is 8.23. The number of fused-ring (bicyclic) bond motifs is 1. The molecule has 158 valence electrons. The molecule has 0 saturated carbocycles. The molecular formula is C22H27N5O2S. The SMILES string of the molecule is Cc1nc(C)n(CC(=O)N2CC[C@H](c3c(C(=O)NC(C)C)sc4ccccc34)C2)n1. The van der Waals surface area contributed by atoms with Gasteiger partial charge in [0.15, 0.2) is 0 Å². The quantitative estimate of drug-likeness (QED) is 0.680. The van der Waals surface area contributed by atoms with E-state index in [1.54, 1.807) is 4.68 Å². The molecule has 0 aliphatic carbocycles. The van der Waals surface area contributed by atoms with Crippen LogP contribution in [-0.4, -0.2) is 50.6 Å². The maximum absolute atomic E-state index is 12.9. The van der Waals surface area contributed by atoms with Gasteiger partial charge in [-0.2, -0.15) is 5.10 Å². The monoisotopic (exact) mass is 425 g/mol. The molecule has 0 radical (unpaired) electrons. The summed E-state index contributed by atoms with van der Waals surface area (Å²) in [4.78, 5) is 32.7. The lowest BCUT2D eigenvalue weighted by Gasteiger charge is -2.18. The van der Waals surface area contributed by atoms with Crippen molar-refractivity contribution in [1.82, 2.24) is 25.0 Å². The van der Waals surface area contributed by atoms with E-state index in [0.29, 0.717) is 18.9 Å². The molecule has 7 nitrogen and oxygen atoms in total. The van der Waals surface area contributed by atoms with Gasteiger partial charge in [0, 0.05) is 29.7 Å².